The second-order valence-corrected chi connectivity index (χ2v) is 6.96. The number of hydrogen-bond acceptors (Lipinski definition) is 4. The number of aromatic nitrogens is 2. The van der Waals surface area contributed by atoms with Gasteiger partial charge in [-0.1, -0.05) is 46.0 Å². The molecule has 4 heteroatoms. The van der Waals surface area contributed by atoms with Crippen LogP contribution in [0.3, 0.4) is 0 Å². The Morgan fingerprint density at radius 2 is 1.11 bits per heavy atom. The molecule has 0 radical (unpaired) electrons. The van der Waals surface area contributed by atoms with E-state index < -0.39 is 0 Å². The zero-order valence-corrected chi connectivity index (χ0v) is 16.5. The smallest absolute Gasteiger partial charge is 0.213 e. The van der Waals surface area contributed by atoms with Gasteiger partial charge in [0.25, 0.3) is 0 Å². The molecule has 0 N–H and O–H groups in total. The first-order valence-corrected chi connectivity index (χ1v) is 10.3. The Morgan fingerprint density at radius 3 is 1.67 bits per heavy atom. The van der Waals surface area contributed by atoms with Gasteiger partial charge in [0.1, 0.15) is 0 Å². The molecule has 144 valence electrons. The maximum absolute atomic E-state index is 5.83. The van der Waals surface area contributed by atoms with Crippen molar-refractivity contribution in [2.45, 2.75) is 58.8 Å². The summed E-state index contributed by atoms with van der Waals surface area (Å²) in [6.45, 7) is 5.83. The number of hydrogen-bond donors (Lipinski definition) is 0. The molecule has 4 nitrogen and oxygen atoms in total. The van der Waals surface area contributed by atoms with Crippen molar-refractivity contribution in [2.24, 2.45) is 0 Å². The lowest BCUT2D eigenvalue weighted by Crippen LogP contribution is -2.00. The van der Waals surface area contributed by atoms with Crippen LogP contribution in [-0.4, -0.2) is 23.2 Å². The van der Waals surface area contributed by atoms with Gasteiger partial charge in [0.05, 0.1) is 24.2 Å². The van der Waals surface area contributed by atoms with Crippen molar-refractivity contribution < 1.29 is 9.47 Å². The molecule has 0 saturated carbocycles. The Kier molecular flexibility index (Phi) is 7.26. The van der Waals surface area contributed by atoms with Gasteiger partial charge in [0, 0.05) is 22.9 Å². The summed E-state index contributed by atoms with van der Waals surface area (Å²) in [5.41, 5.74) is 1.87. The molecule has 27 heavy (non-hydrogen) atoms. The molecular formula is C23H30N2O2. The fourth-order valence-electron chi connectivity index (χ4n) is 3.14. The lowest BCUT2D eigenvalue weighted by molar-refractivity contribution is 0.294. The molecule has 0 aliphatic rings. The van der Waals surface area contributed by atoms with Crippen molar-refractivity contribution in [3.63, 3.8) is 0 Å². The van der Waals surface area contributed by atoms with Crippen molar-refractivity contribution in [1.82, 2.24) is 9.97 Å². The summed E-state index contributed by atoms with van der Waals surface area (Å²) in [6.07, 6.45) is 8.33. The number of rotatable bonds is 11. The minimum Gasteiger partial charge on any atom is -0.478 e. The van der Waals surface area contributed by atoms with Crippen molar-refractivity contribution in [3.05, 3.63) is 36.4 Å². The van der Waals surface area contributed by atoms with Crippen LogP contribution in [0.25, 0.3) is 21.8 Å². The van der Waals surface area contributed by atoms with Crippen LogP contribution in [0.5, 0.6) is 11.8 Å². The molecular weight excluding hydrogens is 336 g/mol. The van der Waals surface area contributed by atoms with E-state index in [2.05, 4.69) is 35.9 Å². The summed E-state index contributed by atoms with van der Waals surface area (Å²) in [5.74, 6) is 1.39. The van der Waals surface area contributed by atoms with Crippen molar-refractivity contribution >= 4 is 21.8 Å². The quantitative estimate of drug-likeness (QED) is 0.294. The fraction of sp³-hybridized carbons (Fsp3) is 0.478. The van der Waals surface area contributed by atoms with Crippen LogP contribution in [0, 0.1) is 0 Å². The maximum Gasteiger partial charge on any atom is 0.213 e. The number of ether oxygens (including phenoxy) is 2. The highest BCUT2D eigenvalue weighted by Crippen LogP contribution is 2.27. The lowest BCUT2D eigenvalue weighted by atomic mass is 10.1. The van der Waals surface area contributed by atoms with Gasteiger partial charge in [-0.3, -0.25) is 0 Å². The number of benzene rings is 1. The third-order valence-electron chi connectivity index (χ3n) is 4.73. The van der Waals surface area contributed by atoms with Gasteiger partial charge in [-0.2, -0.15) is 0 Å². The van der Waals surface area contributed by atoms with Gasteiger partial charge in [0.15, 0.2) is 0 Å². The summed E-state index contributed by atoms with van der Waals surface area (Å²) >= 11 is 0. The SMILES string of the molecule is CCCCCCCOc1ccc2c(ccc3nc(OCCCC)ccc32)n1. The highest BCUT2D eigenvalue weighted by molar-refractivity contribution is 6.04. The second-order valence-electron chi connectivity index (χ2n) is 6.96. The molecule has 2 aromatic heterocycles. The van der Waals surface area contributed by atoms with E-state index in [0.717, 1.165) is 47.7 Å². The zero-order valence-electron chi connectivity index (χ0n) is 16.5. The summed E-state index contributed by atoms with van der Waals surface area (Å²) in [5, 5.41) is 2.18. The summed E-state index contributed by atoms with van der Waals surface area (Å²) in [4.78, 5) is 9.28. The third kappa shape index (κ3) is 5.31. The van der Waals surface area contributed by atoms with Gasteiger partial charge in [-0.05, 0) is 37.1 Å². The Hall–Kier alpha value is -2.36. The van der Waals surface area contributed by atoms with E-state index in [4.69, 9.17) is 9.47 Å². The molecule has 1 aromatic carbocycles. The predicted molar refractivity (Wildman–Crippen MR) is 112 cm³/mol. The maximum atomic E-state index is 5.83. The second kappa shape index (κ2) is 10.1. The molecule has 0 bridgehead atoms. The summed E-state index contributed by atoms with van der Waals surface area (Å²) in [6, 6.07) is 12.1. The lowest BCUT2D eigenvalue weighted by Gasteiger charge is -2.09. The predicted octanol–water partition coefficient (Wildman–Crippen LogP) is 6.31. The zero-order chi connectivity index (χ0) is 18.9. The molecule has 0 unspecified atom stereocenters. The van der Waals surface area contributed by atoms with Gasteiger partial charge < -0.3 is 9.47 Å². The molecule has 0 aliphatic heterocycles. The van der Waals surface area contributed by atoms with Crippen LogP contribution >= 0.6 is 0 Å². The summed E-state index contributed by atoms with van der Waals surface area (Å²) < 4.78 is 11.6. The first kappa shape index (κ1) is 19.4. The van der Waals surface area contributed by atoms with E-state index in [1.165, 1.54) is 25.7 Å². The topological polar surface area (TPSA) is 44.2 Å². The Labute approximate surface area is 161 Å². The third-order valence-corrected chi connectivity index (χ3v) is 4.73. The number of unbranched alkanes of at least 4 members (excludes halogenated alkanes) is 5. The standard InChI is InChI=1S/C23H30N2O2/c1-3-5-7-8-9-17-27-23-15-11-19-18-10-14-22(26-16-6-4-2)24-20(18)12-13-21(19)25-23/h10-15H,3-9,16-17H2,1-2H3. The highest BCUT2D eigenvalue weighted by Gasteiger charge is 2.06. The highest BCUT2D eigenvalue weighted by atomic mass is 16.5. The van der Waals surface area contributed by atoms with Gasteiger partial charge in [0.2, 0.25) is 11.8 Å². The average molecular weight is 367 g/mol. The molecule has 0 aliphatic carbocycles. The molecule has 0 saturated heterocycles. The average Bonchev–Trinajstić information content (AvgIpc) is 2.70. The Balaban J connectivity index is 1.68. The number of nitrogens with zero attached hydrogens (tertiary/aromatic N) is 2. The van der Waals surface area contributed by atoms with E-state index in [1.54, 1.807) is 0 Å². The molecule has 3 rings (SSSR count). The Bertz CT molecular complexity index is 863. The van der Waals surface area contributed by atoms with E-state index in [-0.39, 0.29) is 0 Å². The van der Waals surface area contributed by atoms with Crippen LogP contribution in [0.1, 0.15) is 58.8 Å². The molecule has 0 atom stereocenters. The van der Waals surface area contributed by atoms with Crippen LogP contribution < -0.4 is 9.47 Å². The minimum atomic E-state index is 0.686. The Morgan fingerprint density at radius 1 is 0.593 bits per heavy atom. The fourth-order valence-corrected chi connectivity index (χ4v) is 3.14. The largest absolute Gasteiger partial charge is 0.478 e. The van der Waals surface area contributed by atoms with Gasteiger partial charge in [-0.25, -0.2) is 9.97 Å². The van der Waals surface area contributed by atoms with E-state index in [9.17, 15) is 0 Å². The molecule has 0 spiro atoms. The number of fused-ring (bicyclic) bond motifs is 3. The van der Waals surface area contributed by atoms with Crippen LogP contribution in [0.2, 0.25) is 0 Å². The number of pyridine rings is 2. The molecule has 2 heterocycles. The summed E-state index contributed by atoms with van der Waals surface area (Å²) in [7, 11) is 0. The van der Waals surface area contributed by atoms with Crippen molar-refractivity contribution in [3.8, 4) is 11.8 Å². The molecule has 3 aromatic rings. The monoisotopic (exact) mass is 366 g/mol. The van der Waals surface area contributed by atoms with E-state index in [1.807, 2.05) is 24.3 Å². The van der Waals surface area contributed by atoms with Crippen molar-refractivity contribution in [1.29, 1.82) is 0 Å². The van der Waals surface area contributed by atoms with Crippen LogP contribution in [0.4, 0.5) is 0 Å². The minimum absolute atomic E-state index is 0.686. The molecule has 0 fully saturated rings. The van der Waals surface area contributed by atoms with E-state index in [0.29, 0.717) is 18.4 Å². The normalized spacial score (nSPS) is 11.2. The van der Waals surface area contributed by atoms with Crippen LogP contribution in [-0.2, 0) is 0 Å². The van der Waals surface area contributed by atoms with Crippen molar-refractivity contribution in [2.75, 3.05) is 13.2 Å². The molecule has 0 amide bonds. The van der Waals surface area contributed by atoms with Gasteiger partial charge >= 0.3 is 0 Å². The van der Waals surface area contributed by atoms with Crippen LogP contribution in [0.15, 0.2) is 36.4 Å². The first-order chi connectivity index (χ1) is 13.3. The van der Waals surface area contributed by atoms with E-state index >= 15 is 0 Å². The first-order valence-electron chi connectivity index (χ1n) is 10.3. The van der Waals surface area contributed by atoms with Gasteiger partial charge in [-0.15, -0.1) is 0 Å².